The topological polar surface area (TPSA) is 95.0 Å². The van der Waals surface area contributed by atoms with E-state index in [0.717, 1.165) is 55.1 Å². The van der Waals surface area contributed by atoms with Crippen molar-refractivity contribution in [1.82, 2.24) is 24.8 Å². The third-order valence-electron chi connectivity index (χ3n) is 5.17. The molecule has 0 saturated carbocycles. The summed E-state index contributed by atoms with van der Waals surface area (Å²) in [5, 5.41) is 9.40. The number of aromatic nitrogens is 4. The lowest BCUT2D eigenvalue weighted by molar-refractivity contribution is 0.0693. The second-order valence-electron chi connectivity index (χ2n) is 7.24. The van der Waals surface area contributed by atoms with Gasteiger partial charge in [0, 0.05) is 31.7 Å². The Hall–Kier alpha value is -3.06. The maximum atomic E-state index is 11.5. The molecular formula is C21H23N5O2. The predicted octanol–water partition coefficient (Wildman–Crippen LogP) is 3.02. The number of hydrogen-bond donors (Lipinski definition) is 2. The Bertz CT molecular complexity index is 941. The standard InChI is InChI=1S/C21H23N5O2/c27-21(28)18-6-2-1-5-16(18)14-26-9-3-4-15(13-26)10-17-11-22-12-19(25-17)20-23-7-8-24-20/h1-2,5-8,11-12,15H,3-4,9-10,13-14H2,(H,23,24)(H,27,28)/t15-/m1/s1. The predicted molar refractivity (Wildman–Crippen MR) is 105 cm³/mol. The minimum atomic E-state index is -0.867. The maximum Gasteiger partial charge on any atom is 0.336 e. The SMILES string of the molecule is O=C(O)c1ccccc1CN1CCC[C@H](Cc2cncc(-c3ncc[nH]3)n2)C1. The zero-order chi connectivity index (χ0) is 19.3. The number of piperidine rings is 1. The fourth-order valence-corrected chi connectivity index (χ4v) is 3.89. The molecule has 1 aromatic carbocycles. The Morgan fingerprint density at radius 2 is 2.18 bits per heavy atom. The highest BCUT2D eigenvalue weighted by molar-refractivity contribution is 5.89. The molecule has 1 aliphatic rings. The fraction of sp³-hybridized carbons (Fsp3) is 0.333. The average Bonchev–Trinajstić information content (AvgIpc) is 3.24. The normalized spacial score (nSPS) is 17.5. The van der Waals surface area contributed by atoms with Crippen molar-refractivity contribution in [3.8, 4) is 11.5 Å². The van der Waals surface area contributed by atoms with Crippen molar-refractivity contribution in [2.45, 2.75) is 25.8 Å². The minimum Gasteiger partial charge on any atom is -0.478 e. The highest BCUT2D eigenvalue weighted by Crippen LogP contribution is 2.23. The molecule has 1 saturated heterocycles. The van der Waals surface area contributed by atoms with Crippen LogP contribution in [0.1, 0.15) is 34.5 Å². The summed E-state index contributed by atoms with van der Waals surface area (Å²) in [5.74, 6) is 0.339. The third kappa shape index (κ3) is 4.26. The summed E-state index contributed by atoms with van der Waals surface area (Å²) < 4.78 is 0. The lowest BCUT2D eigenvalue weighted by Crippen LogP contribution is -2.36. The molecule has 7 heteroatoms. The van der Waals surface area contributed by atoms with Crippen LogP contribution in [0.2, 0.25) is 0 Å². The van der Waals surface area contributed by atoms with Crippen LogP contribution in [-0.2, 0) is 13.0 Å². The number of hydrogen-bond acceptors (Lipinski definition) is 5. The third-order valence-corrected chi connectivity index (χ3v) is 5.17. The molecular weight excluding hydrogens is 354 g/mol. The second-order valence-corrected chi connectivity index (χ2v) is 7.24. The number of carboxylic acids is 1. The number of imidazole rings is 1. The molecule has 3 heterocycles. The smallest absolute Gasteiger partial charge is 0.336 e. The summed E-state index contributed by atoms with van der Waals surface area (Å²) in [5.41, 5.74) is 2.98. The first-order valence-electron chi connectivity index (χ1n) is 9.53. The maximum absolute atomic E-state index is 11.5. The van der Waals surface area contributed by atoms with Gasteiger partial charge in [-0.25, -0.2) is 14.8 Å². The lowest BCUT2D eigenvalue weighted by atomic mass is 9.93. The summed E-state index contributed by atoms with van der Waals surface area (Å²) in [7, 11) is 0. The molecule has 1 fully saturated rings. The molecule has 1 aliphatic heterocycles. The van der Waals surface area contributed by atoms with E-state index >= 15 is 0 Å². The monoisotopic (exact) mass is 377 g/mol. The van der Waals surface area contributed by atoms with Crippen molar-refractivity contribution < 1.29 is 9.90 Å². The van der Waals surface area contributed by atoms with Gasteiger partial charge in [0.15, 0.2) is 5.82 Å². The molecule has 0 aliphatic carbocycles. The van der Waals surface area contributed by atoms with E-state index < -0.39 is 5.97 Å². The van der Waals surface area contributed by atoms with Crippen molar-refractivity contribution in [1.29, 1.82) is 0 Å². The molecule has 1 atom stereocenters. The number of carbonyl (C=O) groups is 1. The summed E-state index contributed by atoms with van der Waals surface area (Å²) in [6, 6.07) is 7.26. The fourth-order valence-electron chi connectivity index (χ4n) is 3.89. The van der Waals surface area contributed by atoms with Crippen LogP contribution in [0.5, 0.6) is 0 Å². The minimum absolute atomic E-state index is 0.390. The van der Waals surface area contributed by atoms with Gasteiger partial charge in [0.25, 0.3) is 0 Å². The number of nitrogens with one attached hydrogen (secondary N) is 1. The van der Waals surface area contributed by atoms with Gasteiger partial charge in [-0.1, -0.05) is 18.2 Å². The Balaban J connectivity index is 1.42. The van der Waals surface area contributed by atoms with Crippen LogP contribution < -0.4 is 0 Å². The number of benzene rings is 1. The molecule has 7 nitrogen and oxygen atoms in total. The molecule has 0 amide bonds. The molecule has 3 aromatic rings. The van der Waals surface area contributed by atoms with Gasteiger partial charge in [0.05, 0.1) is 17.5 Å². The number of aromatic carboxylic acids is 1. The number of H-pyrrole nitrogens is 1. The van der Waals surface area contributed by atoms with E-state index in [9.17, 15) is 9.90 Å². The van der Waals surface area contributed by atoms with Crippen LogP contribution >= 0.6 is 0 Å². The zero-order valence-corrected chi connectivity index (χ0v) is 15.6. The quantitative estimate of drug-likeness (QED) is 0.686. The van der Waals surface area contributed by atoms with E-state index in [2.05, 4.69) is 19.9 Å². The van der Waals surface area contributed by atoms with Crippen LogP contribution in [0.3, 0.4) is 0 Å². The van der Waals surface area contributed by atoms with E-state index in [1.165, 1.54) is 0 Å². The van der Waals surface area contributed by atoms with Crippen LogP contribution in [0, 0.1) is 5.92 Å². The van der Waals surface area contributed by atoms with Crippen LogP contribution in [0.4, 0.5) is 0 Å². The number of likely N-dealkylation sites (tertiary alicyclic amines) is 1. The number of nitrogens with zero attached hydrogens (tertiary/aromatic N) is 4. The highest BCUT2D eigenvalue weighted by atomic mass is 16.4. The molecule has 2 aromatic heterocycles. The second kappa shape index (κ2) is 8.31. The highest BCUT2D eigenvalue weighted by Gasteiger charge is 2.22. The summed E-state index contributed by atoms with van der Waals surface area (Å²) in [6.45, 7) is 2.58. The molecule has 0 unspecified atom stereocenters. The Labute approximate surface area is 163 Å². The van der Waals surface area contributed by atoms with Gasteiger partial charge in [-0.2, -0.15) is 0 Å². The van der Waals surface area contributed by atoms with Crippen molar-refractivity contribution in [3.63, 3.8) is 0 Å². The van der Waals surface area contributed by atoms with E-state index in [1.807, 2.05) is 18.3 Å². The van der Waals surface area contributed by atoms with Gasteiger partial charge in [-0.15, -0.1) is 0 Å². The van der Waals surface area contributed by atoms with Crippen molar-refractivity contribution >= 4 is 5.97 Å². The Kier molecular flexibility index (Phi) is 5.43. The number of rotatable bonds is 6. The van der Waals surface area contributed by atoms with E-state index in [-0.39, 0.29) is 0 Å². The first-order valence-corrected chi connectivity index (χ1v) is 9.53. The average molecular weight is 377 g/mol. The van der Waals surface area contributed by atoms with Crippen molar-refractivity contribution in [2.24, 2.45) is 5.92 Å². The summed E-state index contributed by atoms with van der Waals surface area (Å²) >= 11 is 0. The van der Waals surface area contributed by atoms with Gasteiger partial charge in [-0.05, 0) is 43.4 Å². The largest absolute Gasteiger partial charge is 0.478 e. The summed E-state index contributed by atoms with van der Waals surface area (Å²) in [4.78, 5) is 30.1. The molecule has 0 bridgehead atoms. The van der Waals surface area contributed by atoms with Gasteiger partial charge in [-0.3, -0.25) is 9.88 Å². The van der Waals surface area contributed by atoms with Crippen LogP contribution in [0.15, 0.2) is 49.1 Å². The number of aromatic amines is 1. The van der Waals surface area contributed by atoms with Crippen LogP contribution in [-0.4, -0.2) is 49.0 Å². The number of carboxylic acid groups (broad SMARTS) is 1. The molecule has 28 heavy (non-hydrogen) atoms. The lowest BCUT2D eigenvalue weighted by Gasteiger charge is -2.33. The molecule has 2 N–H and O–H groups in total. The molecule has 144 valence electrons. The van der Waals surface area contributed by atoms with Gasteiger partial charge >= 0.3 is 5.97 Å². The van der Waals surface area contributed by atoms with Crippen LogP contribution in [0.25, 0.3) is 11.5 Å². The first-order chi connectivity index (χ1) is 13.7. The Morgan fingerprint density at radius 3 is 3.00 bits per heavy atom. The van der Waals surface area contributed by atoms with E-state index in [0.29, 0.717) is 18.0 Å². The zero-order valence-electron chi connectivity index (χ0n) is 15.6. The summed E-state index contributed by atoms with van der Waals surface area (Å²) in [6.07, 6.45) is 10.1. The van der Waals surface area contributed by atoms with Gasteiger partial charge in [0.2, 0.25) is 0 Å². The molecule has 0 spiro atoms. The molecule has 4 rings (SSSR count). The van der Waals surface area contributed by atoms with Crippen molar-refractivity contribution in [3.05, 3.63) is 65.9 Å². The van der Waals surface area contributed by atoms with Crippen molar-refractivity contribution in [2.75, 3.05) is 13.1 Å². The van der Waals surface area contributed by atoms with E-state index in [1.54, 1.807) is 30.7 Å². The Morgan fingerprint density at radius 1 is 1.29 bits per heavy atom. The first kappa shape index (κ1) is 18.3. The van der Waals surface area contributed by atoms with Gasteiger partial charge < -0.3 is 10.1 Å². The van der Waals surface area contributed by atoms with E-state index in [4.69, 9.17) is 4.98 Å². The van der Waals surface area contributed by atoms with Gasteiger partial charge in [0.1, 0.15) is 5.69 Å². The molecule has 0 radical (unpaired) electrons.